The molecular weight excluding hydrogens is 579 g/mol. The van der Waals surface area contributed by atoms with Gasteiger partial charge in [-0.15, -0.1) is 11.8 Å². The molecule has 234 valence electrons. The number of amides is 1. The summed E-state index contributed by atoms with van der Waals surface area (Å²) in [5.41, 5.74) is 1.11. The monoisotopic (exact) mass is 625 g/mol. The molecule has 43 heavy (non-hydrogen) atoms. The number of hydrogen-bond donors (Lipinski definition) is 2. The molecule has 7 nitrogen and oxygen atoms in total. The van der Waals surface area contributed by atoms with Gasteiger partial charge in [-0.25, -0.2) is 0 Å². The molecule has 2 aromatic rings. The predicted molar refractivity (Wildman–Crippen MR) is 177 cm³/mol. The minimum Gasteiger partial charge on any atom is -0.457 e. The Morgan fingerprint density at radius 1 is 1.00 bits per heavy atom. The van der Waals surface area contributed by atoms with E-state index < -0.39 is 0 Å². The van der Waals surface area contributed by atoms with Crippen LogP contribution in [0.3, 0.4) is 0 Å². The van der Waals surface area contributed by atoms with Crippen LogP contribution in [0, 0.1) is 5.92 Å². The Morgan fingerprint density at radius 2 is 1.77 bits per heavy atom. The van der Waals surface area contributed by atoms with Crippen molar-refractivity contribution in [2.24, 2.45) is 5.92 Å². The molecule has 0 radical (unpaired) electrons. The van der Waals surface area contributed by atoms with Crippen molar-refractivity contribution in [2.45, 2.75) is 89.1 Å². The molecule has 0 spiro atoms. The molecule has 2 heterocycles. The average Bonchev–Trinajstić information content (AvgIpc) is 3.53. The minimum atomic E-state index is -0.176. The summed E-state index contributed by atoms with van der Waals surface area (Å²) in [6.45, 7) is 2.69. The van der Waals surface area contributed by atoms with E-state index in [9.17, 15) is 4.79 Å². The second-order valence-electron chi connectivity index (χ2n) is 11.9. The molecule has 0 bridgehead atoms. The zero-order valence-electron chi connectivity index (χ0n) is 25.2. The fraction of sp³-hybridized carbons (Fsp3) is 0.588. The first-order valence-corrected chi connectivity index (χ1v) is 17.7. The average molecular weight is 626 g/mol. The van der Waals surface area contributed by atoms with Gasteiger partial charge in [0, 0.05) is 31.3 Å². The van der Waals surface area contributed by atoms with Gasteiger partial charge >= 0.3 is 0 Å². The van der Waals surface area contributed by atoms with Crippen molar-refractivity contribution < 1.29 is 19.0 Å². The van der Waals surface area contributed by atoms with Crippen LogP contribution >= 0.6 is 24.0 Å². The summed E-state index contributed by atoms with van der Waals surface area (Å²) in [5.74, 6) is 4.04. The zero-order chi connectivity index (χ0) is 29.7. The largest absolute Gasteiger partial charge is 0.457 e. The first kappa shape index (κ1) is 32.2. The summed E-state index contributed by atoms with van der Waals surface area (Å²) >= 11 is 7.72. The molecular formula is C34H47N3O4S2. The van der Waals surface area contributed by atoms with Crippen molar-refractivity contribution in [3.63, 3.8) is 0 Å². The molecule has 1 amide bonds. The lowest BCUT2D eigenvalue weighted by molar-refractivity contribution is -0.164. The normalized spacial score (nSPS) is 22.1. The van der Waals surface area contributed by atoms with Gasteiger partial charge in [0.2, 0.25) is 5.91 Å². The summed E-state index contributed by atoms with van der Waals surface area (Å²) in [7, 11) is 0. The highest BCUT2D eigenvalue weighted by atomic mass is 32.2. The third-order valence-corrected chi connectivity index (χ3v) is 10.2. The maximum absolute atomic E-state index is 13.6. The summed E-state index contributed by atoms with van der Waals surface area (Å²) in [4.78, 5) is 16.6. The quantitative estimate of drug-likeness (QED) is 0.226. The van der Waals surface area contributed by atoms with Crippen molar-refractivity contribution in [2.75, 3.05) is 31.4 Å². The van der Waals surface area contributed by atoms with E-state index in [1.54, 1.807) is 11.8 Å². The molecule has 1 saturated carbocycles. The van der Waals surface area contributed by atoms with Gasteiger partial charge in [-0.05, 0) is 67.9 Å². The topological polar surface area (TPSA) is 72.1 Å². The smallest absolute Gasteiger partial charge is 0.238 e. The Kier molecular flexibility index (Phi) is 13.0. The van der Waals surface area contributed by atoms with Crippen LogP contribution in [0.4, 0.5) is 0 Å². The van der Waals surface area contributed by atoms with E-state index in [1.807, 2.05) is 42.5 Å². The van der Waals surface area contributed by atoms with Crippen molar-refractivity contribution in [1.29, 1.82) is 0 Å². The second kappa shape index (κ2) is 17.4. The number of rotatable bonds is 14. The van der Waals surface area contributed by atoms with E-state index in [0.717, 1.165) is 79.9 Å². The highest BCUT2D eigenvalue weighted by molar-refractivity contribution is 7.99. The number of nitrogens with zero attached hydrogens (tertiary/aromatic N) is 1. The molecule has 2 N–H and O–H groups in total. The summed E-state index contributed by atoms with van der Waals surface area (Å²) in [6.07, 6.45) is 11.6. The summed E-state index contributed by atoms with van der Waals surface area (Å²) in [6, 6.07) is 17.5. The van der Waals surface area contributed by atoms with Gasteiger partial charge in [0.25, 0.3) is 0 Å². The number of benzene rings is 2. The Balaban J connectivity index is 1.13. The van der Waals surface area contributed by atoms with Gasteiger partial charge in [-0.1, -0.05) is 74.7 Å². The highest BCUT2D eigenvalue weighted by Crippen LogP contribution is 2.28. The van der Waals surface area contributed by atoms with Gasteiger partial charge in [-0.2, -0.15) is 0 Å². The third-order valence-electron chi connectivity index (χ3n) is 8.69. The van der Waals surface area contributed by atoms with Gasteiger partial charge in [0.15, 0.2) is 6.29 Å². The lowest BCUT2D eigenvalue weighted by Crippen LogP contribution is -2.52. The SMILES string of the molecule is O=C(N[C@H](CCC1CCCCC1)C(=S)NCc1ccc(Oc2ccccc2)cc1)[C@@H]1CSCN1CCOC1CCCCO1. The van der Waals surface area contributed by atoms with Crippen molar-refractivity contribution >= 4 is 34.9 Å². The van der Waals surface area contributed by atoms with Crippen LogP contribution in [0.5, 0.6) is 11.5 Å². The van der Waals surface area contributed by atoms with E-state index in [0.29, 0.717) is 18.1 Å². The number of para-hydroxylation sites is 1. The standard InChI is InChI=1S/C34H47N3O4S2/c38-33(31-24-43-25-37(31)20-22-40-32-13-7-8-21-39-32)36-30(19-16-26-9-3-1-4-10-26)34(42)35-23-27-14-17-29(18-15-27)41-28-11-5-2-6-12-28/h2,5-6,11-12,14-15,17-18,26,30-32H,1,3-4,7-10,13,16,19-25H2,(H,35,42)(H,36,38)/t30-,31+,32?/m1/s1. The van der Waals surface area contributed by atoms with Gasteiger partial charge in [-0.3, -0.25) is 9.69 Å². The Labute approximate surface area is 266 Å². The van der Waals surface area contributed by atoms with Crippen LogP contribution in [0.15, 0.2) is 54.6 Å². The second-order valence-corrected chi connectivity index (χ2v) is 13.4. The molecule has 9 heteroatoms. The molecule has 3 atom stereocenters. The molecule has 1 aliphatic carbocycles. The van der Waals surface area contributed by atoms with Crippen LogP contribution in [-0.4, -0.2) is 65.6 Å². The Morgan fingerprint density at radius 3 is 2.53 bits per heavy atom. The van der Waals surface area contributed by atoms with Crippen molar-refractivity contribution in [3.05, 3.63) is 60.2 Å². The first-order chi connectivity index (χ1) is 21.1. The number of hydrogen-bond acceptors (Lipinski definition) is 7. The number of thioether (sulfide) groups is 1. The molecule has 3 aliphatic rings. The lowest BCUT2D eigenvalue weighted by Gasteiger charge is -2.29. The summed E-state index contributed by atoms with van der Waals surface area (Å²) in [5, 5.41) is 6.81. The van der Waals surface area contributed by atoms with Gasteiger partial charge in [0.1, 0.15) is 11.5 Å². The van der Waals surface area contributed by atoms with Crippen LogP contribution in [-0.2, 0) is 20.8 Å². The Bertz CT molecular complexity index is 1120. The van der Waals surface area contributed by atoms with E-state index in [-0.39, 0.29) is 24.3 Å². The van der Waals surface area contributed by atoms with E-state index in [2.05, 4.69) is 27.7 Å². The van der Waals surface area contributed by atoms with Gasteiger partial charge < -0.3 is 24.8 Å². The molecule has 5 rings (SSSR count). The van der Waals surface area contributed by atoms with E-state index in [4.69, 9.17) is 26.4 Å². The molecule has 2 saturated heterocycles. The Hall–Kier alpha value is -2.17. The van der Waals surface area contributed by atoms with Crippen LogP contribution in [0.1, 0.15) is 69.8 Å². The number of carbonyl (C=O) groups is 1. The molecule has 0 aromatic heterocycles. The van der Waals surface area contributed by atoms with Crippen molar-refractivity contribution in [1.82, 2.24) is 15.5 Å². The zero-order valence-corrected chi connectivity index (χ0v) is 26.8. The lowest BCUT2D eigenvalue weighted by atomic mass is 9.85. The number of ether oxygens (including phenoxy) is 3. The summed E-state index contributed by atoms with van der Waals surface area (Å²) < 4.78 is 17.6. The maximum atomic E-state index is 13.6. The number of carbonyl (C=O) groups excluding carboxylic acids is 1. The molecule has 1 unspecified atom stereocenters. The first-order valence-electron chi connectivity index (χ1n) is 16.1. The number of nitrogens with one attached hydrogen (secondary N) is 2. The predicted octanol–water partition coefficient (Wildman–Crippen LogP) is 6.66. The fourth-order valence-corrected chi connectivity index (χ4v) is 7.59. The van der Waals surface area contributed by atoms with E-state index >= 15 is 0 Å². The van der Waals surface area contributed by atoms with E-state index in [1.165, 1.54) is 32.1 Å². The molecule has 2 aliphatic heterocycles. The molecule has 2 aromatic carbocycles. The van der Waals surface area contributed by atoms with Crippen LogP contribution in [0.25, 0.3) is 0 Å². The number of thiocarbonyl (C=S) groups is 1. The maximum Gasteiger partial charge on any atom is 0.238 e. The van der Waals surface area contributed by atoms with Gasteiger partial charge in [0.05, 0.1) is 23.7 Å². The third kappa shape index (κ3) is 10.5. The van der Waals surface area contributed by atoms with Crippen LogP contribution < -0.4 is 15.4 Å². The van der Waals surface area contributed by atoms with Crippen molar-refractivity contribution in [3.8, 4) is 11.5 Å². The fourth-order valence-electron chi connectivity index (χ4n) is 6.11. The molecule has 3 fully saturated rings. The minimum absolute atomic E-state index is 0.0686. The van der Waals surface area contributed by atoms with Crippen LogP contribution in [0.2, 0.25) is 0 Å². The highest BCUT2D eigenvalue weighted by Gasteiger charge is 2.33.